The largest absolute Gasteiger partial charge is 0.507 e. The first-order chi connectivity index (χ1) is 6.76. The molecule has 1 aromatic carbocycles. The Kier molecular flexibility index (Phi) is 2.94. The highest BCUT2D eigenvalue weighted by molar-refractivity contribution is 5.46. The van der Waals surface area contributed by atoms with Gasteiger partial charge in [0.2, 0.25) is 0 Å². The van der Waals surface area contributed by atoms with Gasteiger partial charge in [0.05, 0.1) is 0 Å². The van der Waals surface area contributed by atoms with E-state index in [0.29, 0.717) is 5.75 Å². The second-order valence-electron chi connectivity index (χ2n) is 4.86. The first kappa shape index (κ1) is 11.8. The van der Waals surface area contributed by atoms with Gasteiger partial charge >= 0.3 is 0 Å². The molecule has 0 aliphatic rings. The third-order valence-corrected chi connectivity index (χ3v) is 3.28. The van der Waals surface area contributed by atoms with Crippen molar-refractivity contribution in [3.8, 4) is 5.75 Å². The summed E-state index contributed by atoms with van der Waals surface area (Å²) in [6.07, 6.45) is 0. The van der Waals surface area contributed by atoms with Gasteiger partial charge in [-0.3, -0.25) is 0 Å². The lowest BCUT2D eigenvalue weighted by molar-refractivity contribution is 0.465. The Hall–Kier alpha value is -1.24. The van der Waals surface area contributed by atoms with Crippen molar-refractivity contribution in [3.63, 3.8) is 0 Å². The van der Waals surface area contributed by atoms with E-state index in [0.717, 1.165) is 16.7 Å². The van der Waals surface area contributed by atoms with E-state index in [2.05, 4.69) is 20.4 Å². The molecule has 1 aromatic rings. The summed E-state index contributed by atoms with van der Waals surface area (Å²) in [5, 5.41) is 9.71. The van der Waals surface area contributed by atoms with Crippen LogP contribution in [0, 0.1) is 13.8 Å². The molecule has 0 heterocycles. The van der Waals surface area contributed by atoms with Crippen LogP contribution in [0.25, 0.3) is 0 Å². The molecular formula is C14H20O. The van der Waals surface area contributed by atoms with Crippen LogP contribution in [-0.4, -0.2) is 5.11 Å². The summed E-state index contributed by atoms with van der Waals surface area (Å²) >= 11 is 0. The Balaban J connectivity index is 3.34. The summed E-state index contributed by atoms with van der Waals surface area (Å²) < 4.78 is 0. The van der Waals surface area contributed by atoms with Crippen molar-refractivity contribution in [3.05, 3.63) is 41.0 Å². The number of allylic oxidation sites excluding steroid dienone is 1. The first-order valence-electron chi connectivity index (χ1n) is 5.23. The summed E-state index contributed by atoms with van der Waals surface area (Å²) in [5.41, 5.74) is 4.16. The van der Waals surface area contributed by atoms with E-state index in [1.54, 1.807) is 0 Å². The average molecular weight is 204 g/mol. The molecular weight excluding hydrogens is 184 g/mol. The van der Waals surface area contributed by atoms with Crippen LogP contribution in [0.3, 0.4) is 0 Å². The van der Waals surface area contributed by atoms with E-state index in [1.165, 1.54) is 5.56 Å². The van der Waals surface area contributed by atoms with Gasteiger partial charge in [-0.25, -0.2) is 0 Å². The predicted octanol–water partition coefficient (Wildman–Crippen LogP) is 3.86. The second-order valence-corrected chi connectivity index (χ2v) is 4.86. The van der Waals surface area contributed by atoms with Gasteiger partial charge in [0.25, 0.3) is 0 Å². The first-order valence-corrected chi connectivity index (χ1v) is 5.23. The molecule has 0 bridgehead atoms. The van der Waals surface area contributed by atoms with Crippen LogP contribution >= 0.6 is 0 Å². The molecule has 1 N–H and O–H groups in total. The highest BCUT2D eigenvalue weighted by atomic mass is 16.3. The van der Waals surface area contributed by atoms with Gasteiger partial charge in [-0.2, -0.15) is 0 Å². The Bertz CT molecular complexity index is 377. The van der Waals surface area contributed by atoms with Crippen LogP contribution in [0.4, 0.5) is 0 Å². The maximum absolute atomic E-state index is 9.71. The SMILES string of the molecule is C=C(C)C(C)(C)c1cc(C)c(O)c(C)c1. The molecule has 0 aliphatic carbocycles. The summed E-state index contributed by atoms with van der Waals surface area (Å²) in [6.45, 7) is 14.2. The summed E-state index contributed by atoms with van der Waals surface area (Å²) in [6, 6.07) is 4.08. The minimum atomic E-state index is -0.0385. The number of phenolic OH excluding ortho intramolecular Hbond substituents is 1. The second kappa shape index (κ2) is 3.73. The molecule has 0 radical (unpaired) electrons. The topological polar surface area (TPSA) is 20.2 Å². The van der Waals surface area contributed by atoms with E-state index in [4.69, 9.17) is 0 Å². The molecule has 1 heteroatoms. The van der Waals surface area contributed by atoms with Crippen LogP contribution in [0.5, 0.6) is 5.75 Å². The van der Waals surface area contributed by atoms with Gasteiger partial charge in [0.1, 0.15) is 5.75 Å². The van der Waals surface area contributed by atoms with Crippen molar-refractivity contribution in [1.29, 1.82) is 0 Å². The Labute approximate surface area is 92.5 Å². The smallest absolute Gasteiger partial charge is 0.121 e. The third kappa shape index (κ3) is 2.06. The molecule has 0 spiro atoms. The Morgan fingerprint density at radius 1 is 1.20 bits per heavy atom. The predicted molar refractivity (Wildman–Crippen MR) is 65.4 cm³/mol. The monoisotopic (exact) mass is 204 g/mol. The molecule has 82 valence electrons. The maximum Gasteiger partial charge on any atom is 0.121 e. The van der Waals surface area contributed by atoms with Crippen molar-refractivity contribution >= 4 is 0 Å². The highest BCUT2D eigenvalue weighted by Crippen LogP contribution is 2.34. The normalized spacial score (nSPS) is 11.5. The van der Waals surface area contributed by atoms with Gasteiger partial charge in [-0.15, -0.1) is 0 Å². The molecule has 0 saturated carbocycles. The van der Waals surface area contributed by atoms with Gasteiger partial charge in [0, 0.05) is 5.41 Å². The zero-order valence-electron chi connectivity index (χ0n) is 10.3. The van der Waals surface area contributed by atoms with Gasteiger partial charge in [-0.05, 0) is 37.5 Å². The third-order valence-electron chi connectivity index (χ3n) is 3.28. The van der Waals surface area contributed by atoms with E-state index in [-0.39, 0.29) is 5.41 Å². The Morgan fingerprint density at radius 2 is 1.60 bits per heavy atom. The van der Waals surface area contributed by atoms with Gasteiger partial charge < -0.3 is 5.11 Å². The van der Waals surface area contributed by atoms with Crippen LogP contribution in [0.2, 0.25) is 0 Å². The quantitative estimate of drug-likeness (QED) is 0.725. The average Bonchev–Trinajstić information content (AvgIpc) is 2.13. The van der Waals surface area contributed by atoms with Gasteiger partial charge in [0.15, 0.2) is 0 Å². The van der Waals surface area contributed by atoms with Gasteiger partial charge in [-0.1, -0.05) is 38.1 Å². The molecule has 1 rings (SSSR count). The Morgan fingerprint density at radius 3 is 1.93 bits per heavy atom. The molecule has 0 fully saturated rings. The van der Waals surface area contributed by atoms with E-state index in [1.807, 2.05) is 32.9 Å². The number of hydrogen-bond donors (Lipinski definition) is 1. The van der Waals surface area contributed by atoms with Crippen LogP contribution in [0.15, 0.2) is 24.3 Å². The lowest BCUT2D eigenvalue weighted by atomic mass is 9.78. The minimum absolute atomic E-state index is 0.0385. The molecule has 1 nitrogen and oxygen atoms in total. The number of rotatable bonds is 2. The van der Waals surface area contributed by atoms with Crippen molar-refractivity contribution in [2.45, 2.75) is 40.0 Å². The highest BCUT2D eigenvalue weighted by Gasteiger charge is 2.22. The van der Waals surface area contributed by atoms with Crippen molar-refractivity contribution in [2.75, 3.05) is 0 Å². The minimum Gasteiger partial charge on any atom is -0.507 e. The molecule has 0 saturated heterocycles. The summed E-state index contributed by atoms with van der Waals surface area (Å²) in [4.78, 5) is 0. The van der Waals surface area contributed by atoms with Crippen LogP contribution < -0.4 is 0 Å². The number of aromatic hydroxyl groups is 1. The van der Waals surface area contributed by atoms with E-state index in [9.17, 15) is 5.11 Å². The zero-order chi connectivity index (χ0) is 11.8. The summed E-state index contributed by atoms with van der Waals surface area (Å²) in [7, 11) is 0. The fourth-order valence-corrected chi connectivity index (χ4v) is 1.56. The number of phenols is 1. The van der Waals surface area contributed by atoms with Crippen LogP contribution in [-0.2, 0) is 5.41 Å². The molecule has 0 amide bonds. The molecule has 0 aromatic heterocycles. The molecule has 0 unspecified atom stereocenters. The fraction of sp³-hybridized carbons (Fsp3) is 0.429. The van der Waals surface area contributed by atoms with Crippen molar-refractivity contribution < 1.29 is 5.11 Å². The fourth-order valence-electron chi connectivity index (χ4n) is 1.56. The lowest BCUT2D eigenvalue weighted by Crippen LogP contribution is -2.18. The number of aryl methyl sites for hydroxylation is 2. The zero-order valence-corrected chi connectivity index (χ0v) is 10.3. The van der Waals surface area contributed by atoms with E-state index < -0.39 is 0 Å². The summed E-state index contributed by atoms with van der Waals surface area (Å²) in [5.74, 6) is 0.399. The number of benzene rings is 1. The van der Waals surface area contributed by atoms with Crippen molar-refractivity contribution in [1.82, 2.24) is 0 Å². The van der Waals surface area contributed by atoms with Crippen LogP contribution in [0.1, 0.15) is 37.5 Å². The number of hydrogen-bond acceptors (Lipinski definition) is 1. The molecule has 15 heavy (non-hydrogen) atoms. The molecule has 0 atom stereocenters. The molecule has 0 aliphatic heterocycles. The standard InChI is InChI=1S/C14H20O/c1-9(2)14(5,6)12-7-10(3)13(15)11(4)8-12/h7-8,15H,1H2,2-6H3. The van der Waals surface area contributed by atoms with Crippen molar-refractivity contribution in [2.24, 2.45) is 0 Å². The maximum atomic E-state index is 9.71. The lowest BCUT2D eigenvalue weighted by Gasteiger charge is -2.27. The van der Waals surface area contributed by atoms with E-state index >= 15 is 0 Å².